The topological polar surface area (TPSA) is 168 Å². The number of nitrogens with one attached hydrogen (secondary N) is 3. The standard InChI is InChI=1S/C26H27F3N10O2/c1-3-16-12-17(4-5-18(16)25(41)34-8-7-33-24(40)15(2)31)36-22-23-35-13-20(39(23)11-9-32-22)19-14-38(10-6-30)37-21(19)26(27,28)29/h4-5,9,11-15H,3,7-8,10,31H2,1-2H3,(H,32,36)(H,33,40)(H,34,41)/t15-/m1/s1. The molecule has 15 heteroatoms. The number of aromatic nitrogens is 5. The molecule has 0 saturated heterocycles. The van der Waals surface area contributed by atoms with Crippen LogP contribution in [0.3, 0.4) is 0 Å². The van der Waals surface area contributed by atoms with Gasteiger partial charge in [-0.05, 0) is 37.1 Å². The maximum absolute atomic E-state index is 13.7. The number of nitriles is 1. The van der Waals surface area contributed by atoms with Gasteiger partial charge in [-0.3, -0.25) is 18.7 Å². The highest BCUT2D eigenvalue weighted by Crippen LogP contribution is 2.37. The van der Waals surface area contributed by atoms with Gasteiger partial charge in [-0.15, -0.1) is 0 Å². The van der Waals surface area contributed by atoms with Gasteiger partial charge in [0.1, 0.15) is 6.54 Å². The van der Waals surface area contributed by atoms with Crippen molar-refractivity contribution in [3.63, 3.8) is 0 Å². The van der Waals surface area contributed by atoms with Crippen molar-refractivity contribution >= 4 is 29.0 Å². The zero-order chi connectivity index (χ0) is 29.7. The first-order valence-corrected chi connectivity index (χ1v) is 12.6. The summed E-state index contributed by atoms with van der Waals surface area (Å²) in [6, 6.07) is 6.23. The molecular weight excluding hydrogens is 541 g/mol. The third-order valence-corrected chi connectivity index (χ3v) is 6.08. The number of carbonyl (C=O) groups excluding carboxylic acids is 2. The second-order valence-electron chi connectivity index (χ2n) is 9.04. The van der Waals surface area contributed by atoms with Gasteiger partial charge in [0, 0.05) is 42.9 Å². The first kappa shape index (κ1) is 29.0. The Labute approximate surface area is 232 Å². The minimum Gasteiger partial charge on any atom is -0.353 e. The lowest BCUT2D eigenvalue weighted by molar-refractivity contribution is -0.141. The molecule has 214 valence electrons. The molecule has 3 aromatic heterocycles. The minimum absolute atomic E-state index is 0.125. The van der Waals surface area contributed by atoms with E-state index in [2.05, 4.69) is 31.0 Å². The second kappa shape index (κ2) is 12.0. The van der Waals surface area contributed by atoms with Crippen molar-refractivity contribution in [1.29, 1.82) is 5.26 Å². The summed E-state index contributed by atoms with van der Waals surface area (Å²) < 4.78 is 43.5. The molecule has 1 atom stereocenters. The van der Waals surface area contributed by atoms with Crippen LogP contribution in [0.2, 0.25) is 0 Å². The van der Waals surface area contributed by atoms with E-state index in [-0.39, 0.29) is 54.2 Å². The Bertz CT molecular complexity index is 1620. The van der Waals surface area contributed by atoms with Crippen LogP contribution in [-0.2, 0) is 23.9 Å². The van der Waals surface area contributed by atoms with Gasteiger partial charge in [-0.1, -0.05) is 6.92 Å². The van der Waals surface area contributed by atoms with Gasteiger partial charge in [0.2, 0.25) is 5.91 Å². The van der Waals surface area contributed by atoms with Gasteiger partial charge in [-0.2, -0.15) is 23.5 Å². The van der Waals surface area contributed by atoms with Gasteiger partial charge < -0.3 is 21.7 Å². The Balaban J connectivity index is 1.56. The maximum atomic E-state index is 13.7. The first-order chi connectivity index (χ1) is 19.5. The fourth-order valence-electron chi connectivity index (χ4n) is 4.12. The lowest BCUT2D eigenvalue weighted by atomic mass is 10.0. The highest BCUT2D eigenvalue weighted by molar-refractivity contribution is 5.96. The van der Waals surface area contributed by atoms with E-state index in [0.29, 0.717) is 17.7 Å². The van der Waals surface area contributed by atoms with Crippen LogP contribution in [0.5, 0.6) is 0 Å². The predicted octanol–water partition coefficient (Wildman–Crippen LogP) is 2.63. The average molecular weight is 569 g/mol. The van der Waals surface area contributed by atoms with Gasteiger partial charge in [0.05, 0.1) is 29.6 Å². The van der Waals surface area contributed by atoms with E-state index in [9.17, 15) is 22.8 Å². The molecule has 41 heavy (non-hydrogen) atoms. The number of imidazole rings is 1. The molecular formula is C26H27F3N10O2. The predicted molar refractivity (Wildman–Crippen MR) is 143 cm³/mol. The van der Waals surface area contributed by atoms with Crippen LogP contribution in [0, 0.1) is 11.3 Å². The van der Waals surface area contributed by atoms with E-state index in [1.54, 1.807) is 31.2 Å². The molecule has 0 saturated carbocycles. The van der Waals surface area contributed by atoms with E-state index in [1.165, 1.54) is 23.0 Å². The van der Waals surface area contributed by atoms with Gasteiger partial charge in [-0.25, -0.2) is 9.97 Å². The van der Waals surface area contributed by atoms with Crippen molar-refractivity contribution < 1.29 is 22.8 Å². The Kier molecular flexibility index (Phi) is 8.53. The Hall–Kier alpha value is -4.97. The van der Waals surface area contributed by atoms with E-state index in [0.717, 1.165) is 16.4 Å². The number of carbonyl (C=O) groups is 2. The van der Waals surface area contributed by atoms with Crippen LogP contribution in [0.1, 0.15) is 35.5 Å². The number of fused-ring (bicyclic) bond motifs is 1. The van der Waals surface area contributed by atoms with Crippen LogP contribution < -0.4 is 21.7 Å². The van der Waals surface area contributed by atoms with E-state index >= 15 is 0 Å². The second-order valence-corrected chi connectivity index (χ2v) is 9.04. The molecule has 0 radical (unpaired) electrons. The minimum atomic E-state index is -4.74. The molecule has 3 heterocycles. The van der Waals surface area contributed by atoms with Crippen molar-refractivity contribution in [2.24, 2.45) is 5.73 Å². The van der Waals surface area contributed by atoms with Crippen molar-refractivity contribution in [3.05, 3.63) is 59.8 Å². The SMILES string of the molecule is CCc1cc(Nc2nccn3c(-c4cn(CC#N)nc4C(F)(F)F)cnc23)ccc1C(=O)NCCNC(=O)[C@@H](C)N. The molecule has 0 spiro atoms. The lowest BCUT2D eigenvalue weighted by Gasteiger charge is -2.13. The molecule has 2 amide bonds. The number of aryl methyl sites for hydroxylation is 1. The van der Waals surface area contributed by atoms with Gasteiger partial charge in [0.25, 0.3) is 5.91 Å². The zero-order valence-corrected chi connectivity index (χ0v) is 22.2. The highest BCUT2D eigenvalue weighted by Gasteiger charge is 2.38. The number of rotatable bonds is 10. The molecule has 1 aromatic carbocycles. The van der Waals surface area contributed by atoms with Crippen LogP contribution in [0.4, 0.5) is 24.7 Å². The monoisotopic (exact) mass is 568 g/mol. The van der Waals surface area contributed by atoms with Crippen LogP contribution in [0.25, 0.3) is 16.9 Å². The van der Waals surface area contributed by atoms with Gasteiger partial charge in [0.15, 0.2) is 17.2 Å². The van der Waals surface area contributed by atoms with E-state index < -0.39 is 17.9 Å². The Morgan fingerprint density at radius 1 is 1.20 bits per heavy atom. The molecule has 4 rings (SSSR count). The van der Waals surface area contributed by atoms with Crippen molar-refractivity contribution in [3.8, 4) is 17.3 Å². The molecule has 0 fully saturated rings. The summed E-state index contributed by atoms with van der Waals surface area (Å²) in [4.78, 5) is 32.9. The summed E-state index contributed by atoms with van der Waals surface area (Å²) >= 11 is 0. The van der Waals surface area contributed by atoms with Crippen molar-refractivity contribution in [2.45, 2.75) is 39.0 Å². The molecule has 0 bridgehead atoms. The largest absolute Gasteiger partial charge is 0.435 e. The van der Waals surface area contributed by atoms with Crippen LogP contribution >= 0.6 is 0 Å². The lowest BCUT2D eigenvalue weighted by Crippen LogP contribution is -2.42. The normalized spacial score (nSPS) is 12.1. The average Bonchev–Trinajstić information content (AvgIpc) is 3.56. The summed E-state index contributed by atoms with van der Waals surface area (Å²) in [5.74, 6) is -0.341. The maximum Gasteiger partial charge on any atom is 0.435 e. The van der Waals surface area contributed by atoms with Crippen molar-refractivity contribution in [1.82, 2.24) is 34.8 Å². The quantitative estimate of drug-likeness (QED) is 0.212. The third-order valence-electron chi connectivity index (χ3n) is 6.08. The Morgan fingerprint density at radius 2 is 1.95 bits per heavy atom. The fourth-order valence-corrected chi connectivity index (χ4v) is 4.12. The number of hydrogen-bond donors (Lipinski definition) is 4. The number of anilines is 2. The molecule has 4 aromatic rings. The van der Waals surface area contributed by atoms with Crippen LogP contribution in [0.15, 0.2) is 43.0 Å². The van der Waals surface area contributed by atoms with E-state index in [1.807, 2.05) is 6.92 Å². The van der Waals surface area contributed by atoms with Crippen LogP contribution in [-0.4, -0.2) is 55.1 Å². The summed E-state index contributed by atoms with van der Waals surface area (Å²) in [6.07, 6.45) is 1.14. The number of benzene rings is 1. The molecule has 0 aliphatic heterocycles. The summed E-state index contributed by atoms with van der Waals surface area (Å²) in [6.45, 7) is 3.57. The molecule has 5 N–H and O–H groups in total. The molecule has 0 aliphatic rings. The van der Waals surface area contributed by atoms with Crippen molar-refractivity contribution in [2.75, 3.05) is 18.4 Å². The summed E-state index contributed by atoms with van der Waals surface area (Å²) in [7, 11) is 0. The highest BCUT2D eigenvalue weighted by atomic mass is 19.4. The zero-order valence-electron chi connectivity index (χ0n) is 22.2. The molecule has 0 unspecified atom stereocenters. The Morgan fingerprint density at radius 3 is 2.63 bits per heavy atom. The number of halogens is 3. The third kappa shape index (κ3) is 6.44. The smallest absolute Gasteiger partial charge is 0.353 e. The number of nitrogens with zero attached hydrogens (tertiary/aromatic N) is 6. The number of alkyl halides is 3. The first-order valence-electron chi connectivity index (χ1n) is 12.6. The summed E-state index contributed by atoms with van der Waals surface area (Å²) in [5.41, 5.74) is 6.32. The number of amides is 2. The fraction of sp³-hybridized carbons (Fsp3) is 0.308. The number of hydrogen-bond acceptors (Lipinski definition) is 8. The van der Waals surface area contributed by atoms with Gasteiger partial charge >= 0.3 is 6.18 Å². The molecule has 12 nitrogen and oxygen atoms in total. The van der Waals surface area contributed by atoms with E-state index in [4.69, 9.17) is 11.0 Å². The number of nitrogens with two attached hydrogens (primary N) is 1. The summed E-state index contributed by atoms with van der Waals surface area (Å²) in [5, 5.41) is 21.0. The molecule has 0 aliphatic carbocycles.